The van der Waals surface area contributed by atoms with Crippen LogP contribution < -0.4 is 0 Å². The molecule has 0 N–H and O–H groups in total. The summed E-state index contributed by atoms with van der Waals surface area (Å²) in [4.78, 5) is 4.54. The molecule has 0 aliphatic heterocycles. The Balaban J connectivity index is 2.66. The van der Waals surface area contributed by atoms with Crippen molar-refractivity contribution in [2.75, 3.05) is 5.75 Å². The first-order valence-corrected chi connectivity index (χ1v) is 6.55. The number of hydrogen-bond donors (Lipinski definition) is 0. The van der Waals surface area contributed by atoms with Crippen LogP contribution in [0.25, 0.3) is 10.9 Å². The van der Waals surface area contributed by atoms with E-state index in [1.54, 1.807) is 23.1 Å². The van der Waals surface area contributed by atoms with Crippen LogP contribution >= 0.6 is 35.3 Å². The van der Waals surface area contributed by atoms with E-state index in [-0.39, 0.29) is 0 Å². The van der Waals surface area contributed by atoms with Gasteiger partial charge in [0.15, 0.2) is 4.34 Å². The second kappa shape index (κ2) is 4.38. The molecule has 4 heteroatoms. The number of nitrogens with zero attached hydrogens (tertiary/aromatic N) is 1. The van der Waals surface area contributed by atoms with Crippen LogP contribution in [0.4, 0.5) is 0 Å². The van der Waals surface area contributed by atoms with Crippen LogP contribution in [0.5, 0.6) is 0 Å². The van der Waals surface area contributed by atoms with E-state index in [0.29, 0.717) is 0 Å². The number of fused-ring (bicyclic) bond motifs is 1. The van der Waals surface area contributed by atoms with Crippen molar-refractivity contribution in [3.05, 3.63) is 28.1 Å². The van der Waals surface area contributed by atoms with Crippen molar-refractivity contribution in [2.24, 2.45) is 0 Å². The van der Waals surface area contributed by atoms with Gasteiger partial charge in [-0.3, -0.25) is 0 Å². The van der Waals surface area contributed by atoms with Crippen molar-refractivity contribution >= 4 is 46.2 Å². The molecule has 0 saturated carbocycles. The Labute approximate surface area is 96.2 Å². The molecule has 0 unspecified atom stereocenters. The summed E-state index contributed by atoms with van der Waals surface area (Å²) in [6, 6.07) is 8.04. The number of aromatic nitrogens is 1. The van der Waals surface area contributed by atoms with Gasteiger partial charge in [-0.25, -0.2) is 4.98 Å². The zero-order valence-electron chi connectivity index (χ0n) is 7.69. The molecule has 0 fully saturated rings. The highest BCUT2D eigenvalue weighted by Crippen LogP contribution is 2.25. The summed E-state index contributed by atoms with van der Waals surface area (Å²) in [6.45, 7) is 2.12. The highest BCUT2D eigenvalue weighted by molar-refractivity contribution is 8.01. The fourth-order valence-corrected chi connectivity index (χ4v) is 3.59. The van der Waals surface area contributed by atoms with Gasteiger partial charge in [0.2, 0.25) is 0 Å². The van der Waals surface area contributed by atoms with Crippen LogP contribution in [0.1, 0.15) is 6.92 Å². The molecule has 72 valence electrons. The Hall–Kier alpha value is -0.450. The van der Waals surface area contributed by atoms with Crippen molar-refractivity contribution < 1.29 is 0 Å². The lowest BCUT2D eigenvalue weighted by Gasteiger charge is -1.99. The topological polar surface area (TPSA) is 12.9 Å². The molecule has 0 bridgehead atoms. The van der Waals surface area contributed by atoms with Crippen molar-refractivity contribution in [1.82, 2.24) is 4.98 Å². The number of para-hydroxylation sites is 1. The van der Waals surface area contributed by atoms with Gasteiger partial charge in [-0.2, -0.15) is 0 Å². The second-order valence-corrected chi connectivity index (χ2v) is 5.89. The average molecular weight is 239 g/mol. The lowest BCUT2D eigenvalue weighted by molar-refractivity contribution is 1.28. The molecule has 0 spiro atoms. The minimum atomic E-state index is 0.937. The predicted molar refractivity (Wildman–Crippen MR) is 66.9 cm³/mol. The van der Waals surface area contributed by atoms with Gasteiger partial charge in [-0.1, -0.05) is 60.4 Å². The fraction of sp³-hybridized carbons (Fsp3) is 0.200. The smallest absolute Gasteiger partial charge is 0.151 e. The van der Waals surface area contributed by atoms with Crippen LogP contribution in [0.3, 0.4) is 0 Å². The highest BCUT2D eigenvalue weighted by Gasteiger charge is 2.00. The maximum atomic E-state index is 5.32. The Morgan fingerprint density at radius 3 is 3.00 bits per heavy atom. The molecule has 0 amide bonds. The minimum Gasteiger partial charge on any atom is -0.230 e. The van der Waals surface area contributed by atoms with Gasteiger partial charge in [-0.15, -0.1) is 0 Å². The number of rotatable bonds is 2. The molecule has 14 heavy (non-hydrogen) atoms. The number of thioether (sulfide) groups is 1. The van der Waals surface area contributed by atoms with Gasteiger partial charge >= 0.3 is 0 Å². The average Bonchev–Trinajstić information content (AvgIpc) is 2.18. The molecular weight excluding hydrogens is 230 g/mol. The van der Waals surface area contributed by atoms with E-state index in [0.717, 1.165) is 24.8 Å². The van der Waals surface area contributed by atoms with E-state index in [1.165, 1.54) is 0 Å². The third-order valence-electron chi connectivity index (χ3n) is 1.78. The summed E-state index contributed by atoms with van der Waals surface area (Å²) in [5.74, 6) is 1.04. The van der Waals surface area contributed by atoms with E-state index in [1.807, 2.05) is 24.3 Å². The summed E-state index contributed by atoms with van der Waals surface area (Å²) in [5, 5.41) is 1.09. The third-order valence-corrected chi connectivity index (χ3v) is 4.16. The summed E-state index contributed by atoms with van der Waals surface area (Å²) in [6.07, 6.45) is 0. The van der Waals surface area contributed by atoms with Gasteiger partial charge in [0.05, 0.1) is 5.52 Å². The molecule has 1 aromatic heterocycles. The Kier molecular flexibility index (Phi) is 3.15. The first-order chi connectivity index (χ1) is 6.81. The van der Waals surface area contributed by atoms with Crippen molar-refractivity contribution in [2.45, 2.75) is 11.3 Å². The second-order valence-electron chi connectivity index (χ2n) is 2.72. The van der Waals surface area contributed by atoms with E-state index in [4.69, 9.17) is 12.2 Å². The van der Waals surface area contributed by atoms with Crippen molar-refractivity contribution in [3.8, 4) is 0 Å². The van der Waals surface area contributed by atoms with E-state index >= 15 is 0 Å². The van der Waals surface area contributed by atoms with Gasteiger partial charge in [0.25, 0.3) is 0 Å². The molecule has 0 aliphatic rings. The standard InChI is InChI=1S/C10H9NS3/c1-2-13-10-11-8-6-4-3-5-7(8)9(12)14-10/h3-6H,2H2,1H3. The largest absolute Gasteiger partial charge is 0.230 e. The molecular formula is C10H9NS3. The molecule has 1 nitrogen and oxygen atoms in total. The maximum Gasteiger partial charge on any atom is 0.151 e. The highest BCUT2D eigenvalue weighted by atomic mass is 32.2. The molecule has 1 aromatic carbocycles. The lowest BCUT2D eigenvalue weighted by Crippen LogP contribution is -1.80. The van der Waals surface area contributed by atoms with E-state index in [9.17, 15) is 0 Å². The van der Waals surface area contributed by atoms with Crippen LogP contribution in [0.2, 0.25) is 0 Å². The van der Waals surface area contributed by atoms with Crippen molar-refractivity contribution in [3.63, 3.8) is 0 Å². The molecule has 2 rings (SSSR count). The quantitative estimate of drug-likeness (QED) is 0.577. The molecule has 2 aromatic rings. The number of hydrogen-bond acceptors (Lipinski definition) is 4. The number of benzene rings is 1. The van der Waals surface area contributed by atoms with Gasteiger partial charge in [0.1, 0.15) is 3.82 Å². The first-order valence-electron chi connectivity index (χ1n) is 4.34. The maximum absolute atomic E-state index is 5.32. The monoisotopic (exact) mass is 239 g/mol. The SMILES string of the molecule is CCSc1nc2ccccc2c(=S)s1. The molecule has 0 aliphatic carbocycles. The van der Waals surface area contributed by atoms with Crippen LogP contribution in [0.15, 0.2) is 28.6 Å². The Morgan fingerprint density at radius 2 is 2.21 bits per heavy atom. The van der Waals surface area contributed by atoms with E-state index < -0.39 is 0 Å². The molecule has 0 radical (unpaired) electrons. The predicted octanol–water partition coefficient (Wildman–Crippen LogP) is 4.14. The zero-order valence-corrected chi connectivity index (χ0v) is 10.1. The summed E-state index contributed by atoms with van der Waals surface area (Å²) in [7, 11) is 0. The van der Waals surface area contributed by atoms with Gasteiger partial charge in [-0.05, 0) is 11.8 Å². The van der Waals surface area contributed by atoms with Crippen LogP contribution in [-0.2, 0) is 0 Å². The normalized spacial score (nSPS) is 10.6. The van der Waals surface area contributed by atoms with E-state index in [2.05, 4.69) is 11.9 Å². The zero-order chi connectivity index (χ0) is 9.97. The Bertz CT molecular complexity index is 504. The van der Waals surface area contributed by atoms with Crippen LogP contribution in [-0.4, -0.2) is 10.7 Å². The molecule has 0 saturated heterocycles. The van der Waals surface area contributed by atoms with Crippen molar-refractivity contribution in [1.29, 1.82) is 0 Å². The van der Waals surface area contributed by atoms with Crippen LogP contribution in [0, 0.1) is 3.82 Å². The first kappa shape index (κ1) is 10.1. The van der Waals surface area contributed by atoms with Gasteiger partial charge in [0, 0.05) is 5.39 Å². The summed E-state index contributed by atoms with van der Waals surface area (Å²) in [5.41, 5.74) is 1.01. The fourth-order valence-electron chi connectivity index (χ4n) is 1.18. The molecule has 1 heterocycles. The Morgan fingerprint density at radius 1 is 1.43 bits per heavy atom. The summed E-state index contributed by atoms with van der Waals surface area (Å²) >= 11 is 8.66. The summed E-state index contributed by atoms with van der Waals surface area (Å²) < 4.78 is 2.00. The lowest BCUT2D eigenvalue weighted by atomic mass is 10.3. The minimum absolute atomic E-state index is 0.937. The van der Waals surface area contributed by atoms with Gasteiger partial charge < -0.3 is 0 Å². The molecule has 0 atom stereocenters. The third kappa shape index (κ3) is 1.97.